The van der Waals surface area contributed by atoms with Crippen molar-refractivity contribution in [2.75, 3.05) is 34.2 Å². The number of methoxy groups -OCH3 is 4. The van der Waals surface area contributed by atoms with Crippen molar-refractivity contribution in [1.82, 2.24) is 0 Å². The highest BCUT2D eigenvalue weighted by Gasteiger charge is 2.42. The summed E-state index contributed by atoms with van der Waals surface area (Å²) in [5, 5.41) is -0.421. The van der Waals surface area contributed by atoms with Crippen molar-refractivity contribution in [3.05, 3.63) is 47.5 Å². The lowest BCUT2D eigenvalue weighted by molar-refractivity contribution is -0.154. The van der Waals surface area contributed by atoms with E-state index >= 15 is 0 Å². The van der Waals surface area contributed by atoms with Crippen molar-refractivity contribution < 1.29 is 38.0 Å². The number of carbonyl (C=O) groups excluding carboxylic acids is 2. The van der Waals surface area contributed by atoms with E-state index in [2.05, 4.69) is 0 Å². The Balaban J connectivity index is 2.10. The third-order valence-electron chi connectivity index (χ3n) is 5.15. The number of carbonyl (C=O) groups is 2. The van der Waals surface area contributed by atoms with Crippen LogP contribution in [0.25, 0.3) is 0 Å². The highest BCUT2D eigenvalue weighted by molar-refractivity contribution is 8.13. The first-order valence-electron chi connectivity index (χ1n) is 9.86. The fourth-order valence-electron chi connectivity index (χ4n) is 3.67. The monoisotopic (exact) mass is 462 g/mol. The summed E-state index contributed by atoms with van der Waals surface area (Å²) in [7, 11) is 6.00. The van der Waals surface area contributed by atoms with Gasteiger partial charge in [-0.2, -0.15) is 0 Å². The summed E-state index contributed by atoms with van der Waals surface area (Å²) in [5.74, 6) is 1.84. The van der Waals surface area contributed by atoms with E-state index in [1.165, 1.54) is 14.0 Å². The van der Waals surface area contributed by atoms with Gasteiger partial charge < -0.3 is 28.4 Å². The molecule has 1 aliphatic rings. The van der Waals surface area contributed by atoms with E-state index in [0.29, 0.717) is 28.8 Å². The minimum atomic E-state index is -0.691. The molecular weight excluding hydrogens is 436 g/mol. The molecule has 0 spiro atoms. The van der Waals surface area contributed by atoms with Crippen molar-refractivity contribution in [3.63, 3.8) is 0 Å². The largest absolute Gasteiger partial charge is 0.497 e. The maximum Gasteiger partial charge on any atom is 0.367 e. The molecule has 8 nitrogen and oxygen atoms in total. The molecule has 0 saturated carbocycles. The summed E-state index contributed by atoms with van der Waals surface area (Å²) in [6.07, 6.45) is -1.34. The van der Waals surface area contributed by atoms with Gasteiger partial charge in [0.15, 0.2) is 23.7 Å². The molecule has 172 valence electrons. The number of fused-ring (bicyclic) bond motifs is 1. The number of esters is 1. The first-order chi connectivity index (χ1) is 15.4. The molecule has 2 aromatic carbocycles. The molecule has 0 unspecified atom stereocenters. The molecule has 1 heterocycles. The first kappa shape index (κ1) is 23.6. The summed E-state index contributed by atoms with van der Waals surface area (Å²) in [6, 6.07) is 10.8. The molecular formula is C23H26O8S. The van der Waals surface area contributed by atoms with Crippen LogP contribution in [0.4, 0.5) is 4.79 Å². The molecule has 0 bridgehead atoms. The minimum absolute atomic E-state index is 0.330. The molecule has 1 aliphatic heterocycles. The number of benzene rings is 2. The number of hydrogen-bond donors (Lipinski definition) is 0. The van der Waals surface area contributed by atoms with E-state index in [0.717, 1.165) is 22.9 Å². The second-order valence-electron chi connectivity index (χ2n) is 7.00. The van der Waals surface area contributed by atoms with Gasteiger partial charge >= 0.3 is 11.3 Å². The summed E-state index contributed by atoms with van der Waals surface area (Å²) < 4.78 is 33.0. The van der Waals surface area contributed by atoms with Crippen LogP contribution in [0.1, 0.15) is 30.1 Å². The number of hydrogen-bond acceptors (Lipinski definition) is 9. The molecule has 0 N–H and O–H groups in total. The van der Waals surface area contributed by atoms with E-state index in [1.54, 1.807) is 45.6 Å². The summed E-state index contributed by atoms with van der Waals surface area (Å²) in [6.45, 7) is 1.35. The normalized spacial score (nSPS) is 19.2. The summed E-state index contributed by atoms with van der Waals surface area (Å²) >= 11 is 1.01. The third kappa shape index (κ3) is 5.04. The molecule has 3 atom stereocenters. The molecule has 0 amide bonds. The Hall–Kier alpha value is -3.07. The Morgan fingerprint density at radius 1 is 0.969 bits per heavy atom. The molecule has 0 aromatic heterocycles. The Kier molecular flexibility index (Phi) is 7.74. The number of ether oxygens (including phenoxy) is 6. The molecule has 9 heteroatoms. The Morgan fingerprint density at radius 3 is 2.34 bits per heavy atom. The SMILES string of the molecule is COC(=O)SC[C@@H]1c2ccc(OC)cc2O[C@@H](c2ccc(OC)c(OC)c2)[C@@H]1OC(C)=O. The predicted molar refractivity (Wildman–Crippen MR) is 119 cm³/mol. The van der Waals surface area contributed by atoms with E-state index in [9.17, 15) is 9.59 Å². The average Bonchev–Trinajstić information content (AvgIpc) is 2.81. The zero-order valence-electron chi connectivity index (χ0n) is 18.6. The van der Waals surface area contributed by atoms with Gasteiger partial charge in [-0.15, -0.1) is 0 Å². The smallest absolute Gasteiger partial charge is 0.367 e. The van der Waals surface area contributed by atoms with Crippen LogP contribution in [-0.2, 0) is 14.3 Å². The van der Waals surface area contributed by atoms with Crippen LogP contribution in [0.5, 0.6) is 23.0 Å². The molecule has 32 heavy (non-hydrogen) atoms. The van der Waals surface area contributed by atoms with Gasteiger partial charge in [-0.3, -0.25) is 4.79 Å². The van der Waals surface area contributed by atoms with Crippen LogP contribution >= 0.6 is 11.8 Å². The van der Waals surface area contributed by atoms with E-state index in [4.69, 9.17) is 28.4 Å². The second-order valence-corrected chi connectivity index (χ2v) is 7.96. The van der Waals surface area contributed by atoms with Gasteiger partial charge in [-0.1, -0.05) is 12.1 Å². The number of thioether (sulfide) groups is 1. The lowest BCUT2D eigenvalue weighted by atomic mass is 9.85. The van der Waals surface area contributed by atoms with Crippen LogP contribution in [0.3, 0.4) is 0 Å². The van der Waals surface area contributed by atoms with Crippen LogP contribution in [0.2, 0.25) is 0 Å². The van der Waals surface area contributed by atoms with Gasteiger partial charge in [0.25, 0.3) is 0 Å². The quantitative estimate of drug-likeness (QED) is 0.557. The molecule has 2 aromatic rings. The van der Waals surface area contributed by atoms with Crippen LogP contribution in [0.15, 0.2) is 36.4 Å². The average molecular weight is 463 g/mol. The van der Waals surface area contributed by atoms with Crippen LogP contribution in [-0.4, -0.2) is 51.6 Å². The lowest BCUT2D eigenvalue weighted by Crippen LogP contribution is -2.39. The third-order valence-corrected chi connectivity index (χ3v) is 6.08. The maximum atomic E-state index is 12.0. The van der Waals surface area contributed by atoms with Gasteiger partial charge in [0.1, 0.15) is 11.5 Å². The maximum absolute atomic E-state index is 12.0. The standard InChI is InChI=1S/C23H26O8S/c1-13(24)30-22-17(12-32-23(25)29-5)16-8-7-15(26-2)11-19(16)31-21(22)14-6-9-18(27-3)20(10-14)28-4/h6-11,17,21-22H,12H2,1-5H3/t17-,21+,22-/m1/s1. The van der Waals surface area contributed by atoms with Gasteiger partial charge in [-0.05, 0) is 30.0 Å². The highest BCUT2D eigenvalue weighted by atomic mass is 32.2. The van der Waals surface area contributed by atoms with Gasteiger partial charge in [0.05, 0.1) is 28.4 Å². The van der Waals surface area contributed by atoms with E-state index in [1.807, 2.05) is 12.1 Å². The zero-order chi connectivity index (χ0) is 23.3. The minimum Gasteiger partial charge on any atom is -0.497 e. The molecule has 0 radical (unpaired) electrons. The van der Waals surface area contributed by atoms with Crippen LogP contribution in [0, 0.1) is 0 Å². The molecule has 0 aliphatic carbocycles. The van der Waals surface area contributed by atoms with E-state index in [-0.39, 0.29) is 5.92 Å². The van der Waals surface area contributed by atoms with Crippen molar-refractivity contribution in [2.45, 2.75) is 25.0 Å². The van der Waals surface area contributed by atoms with Crippen molar-refractivity contribution in [1.29, 1.82) is 0 Å². The summed E-state index contributed by atoms with van der Waals surface area (Å²) in [5.41, 5.74) is 1.54. The Bertz CT molecular complexity index is 976. The van der Waals surface area contributed by atoms with Gasteiger partial charge in [-0.25, -0.2) is 4.79 Å². The highest BCUT2D eigenvalue weighted by Crippen LogP contribution is 2.47. The summed E-state index contributed by atoms with van der Waals surface area (Å²) in [4.78, 5) is 23.9. The Labute approximate surface area is 191 Å². The first-order valence-corrected chi connectivity index (χ1v) is 10.8. The second kappa shape index (κ2) is 10.5. The van der Waals surface area contributed by atoms with Crippen molar-refractivity contribution >= 4 is 23.0 Å². The molecule has 0 saturated heterocycles. The topological polar surface area (TPSA) is 89.5 Å². The number of rotatable bonds is 7. The van der Waals surface area contributed by atoms with Crippen molar-refractivity contribution in [2.24, 2.45) is 0 Å². The van der Waals surface area contributed by atoms with Crippen LogP contribution < -0.4 is 18.9 Å². The van der Waals surface area contributed by atoms with E-state index < -0.39 is 23.5 Å². The zero-order valence-corrected chi connectivity index (χ0v) is 19.4. The molecule has 3 rings (SSSR count). The fraction of sp³-hybridized carbons (Fsp3) is 0.391. The predicted octanol–water partition coefficient (Wildman–Crippen LogP) is 4.36. The Morgan fingerprint density at radius 2 is 1.72 bits per heavy atom. The fourth-order valence-corrected chi connectivity index (χ4v) is 4.47. The lowest BCUT2D eigenvalue weighted by Gasteiger charge is -2.39. The van der Waals surface area contributed by atoms with Crippen molar-refractivity contribution in [3.8, 4) is 23.0 Å². The van der Waals surface area contributed by atoms with Gasteiger partial charge in [0, 0.05) is 35.8 Å². The van der Waals surface area contributed by atoms with Gasteiger partial charge in [0.2, 0.25) is 0 Å². The molecule has 0 fully saturated rings.